The van der Waals surface area contributed by atoms with E-state index in [0.717, 1.165) is 18.1 Å². The standard InChI is InChI=1S/C12H17ClN2.ClH/c1-12(2)8-14-7-11(15-12)9-3-5-10(13)6-4-9;/h3-6,11,14-15H,7-8H2,1-2H3;1H. The molecule has 90 valence electrons. The van der Waals surface area contributed by atoms with Gasteiger partial charge in [0, 0.05) is 29.7 Å². The molecule has 1 fully saturated rings. The normalized spacial score (nSPS) is 23.6. The molecule has 0 aromatic heterocycles. The Morgan fingerprint density at radius 3 is 2.44 bits per heavy atom. The van der Waals surface area contributed by atoms with Crippen molar-refractivity contribution in [2.75, 3.05) is 13.1 Å². The van der Waals surface area contributed by atoms with Gasteiger partial charge in [0.25, 0.3) is 0 Å². The first-order valence-corrected chi connectivity index (χ1v) is 5.68. The number of piperazine rings is 1. The molecule has 1 heterocycles. The molecule has 0 aliphatic carbocycles. The Labute approximate surface area is 108 Å². The zero-order chi connectivity index (χ0) is 10.9. The minimum Gasteiger partial charge on any atom is -0.313 e. The van der Waals surface area contributed by atoms with Crippen LogP contribution in [0.1, 0.15) is 25.5 Å². The lowest BCUT2D eigenvalue weighted by molar-refractivity contribution is 0.264. The van der Waals surface area contributed by atoms with E-state index in [4.69, 9.17) is 11.6 Å². The molecule has 0 saturated carbocycles. The van der Waals surface area contributed by atoms with Crippen LogP contribution in [0.2, 0.25) is 5.02 Å². The Morgan fingerprint density at radius 1 is 1.25 bits per heavy atom. The van der Waals surface area contributed by atoms with E-state index in [-0.39, 0.29) is 17.9 Å². The van der Waals surface area contributed by atoms with Gasteiger partial charge in [0.1, 0.15) is 0 Å². The van der Waals surface area contributed by atoms with Crippen molar-refractivity contribution in [3.8, 4) is 0 Å². The molecule has 2 rings (SSSR count). The van der Waals surface area contributed by atoms with Gasteiger partial charge in [0.05, 0.1) is 0 Å². The van der Waals surface area contributed by atoms with Gasteiger partial charge in [-0.15, -0.1) is 12.4 Å². The third-order valence-corrected chi connectivity index (χ3v) is 3.00. The second-order valence-corrected chi connectivity index (χ2v) is 5.20. The van der Waals surface area contributed by atoms with E-state index in [1.165, 1.54) is 5.56 Å². The molecule has 0 bridgehead atoms. The largest absolute Gasteiger partial charge is 0.313 e. The molecule has 2 N–H and O–H groups in total. The summed E-state index contributed by atoms with van der Waals surface area (Å²) in [6.45, 7) is 6.41. The van der Waals surface area contributed by atoms with E-state index in [9.17, 15) is 0 Å². The van der Waals surface area contributed by atoms with Crippen molar-refractivity contribution < 1.29 is 0 Å². The van der Waals surface area contributed by atoms with Crippen molar-refractivity contribution in [3.05, 3.63) is 34.9 Å². The summed E-state index contributed by atoms with van der Waals surface area (Å²) in [5, 5.41) is 7.86. The number of nitrogens with one attached hydrogen (secondary N) is 2. The fraction of sp³-hybridized carbons (Fsp3) is 0.500. The van der Waals surface area contributed by atoms with Gasteiger partial charge < -0.3 is 10.6 Å². The summed E-state index contributed by atoms with van der Waals surface area (Å²) >= 11 is 5.87. The minimum atomic E-state index is 0. The number of halogens is 2. The summed E-state index contributed by atoms with van der Waals surface area (Å²) in [5.74, 6) is 0. The molecule has 1 unspecified atom stereocenters. The van der Waals surface area contributed by atoms with Gasteiger partial charge >= 0.3 is 0 Å². The smallest absolute Gasteiger partial charge is 0.0451 e. The molecule has 1 atom stereocenters. The van der Waals surface area contributed by atoms with E-state index in [0.29, 0.717) is 6.04 Å². The molecule has 1 aromatic rings. The summed E-state index contributed by atoms with van der Waals surface area (Å²) in [5.41, 5.74) is 1.45. The maximum atomic E-state index is 5.87. The number of rotatable bonds is 1. The van der Waals surface area contributed by atoms with Crippen molar-refractivity contribution >= 4 is 24.0 Å². The van der Waals surface area contributed by atoms with Crippen LogP contribution in [0.15, 0.2) is 24.3 Å². The van der Waals surface area contributed by atoms with E-state index < -0.39 is 0 Å². The number of hydrogen-bond acceptors (Lipinski definition) is 2. The zero-order valence-electron chi connectivity index (χ0n) is 9.59. The zero-order valence-corrected chi connectivity index (χ0v) is 11.2. The van der Waals surface area contributed by atoms with Gasteiger partial charge in [-0.3, -0.25) is 0 Å². The highest BCUT2D eigenvalue weighted by Gasteiger charge is 2.27. The Morgan fingerprint density at radius 2 is 1.88 bits per heavy atom. The average Bonchev–Trinajstić information content (AvgIpc) is 2.17. The number of hydrogen-bond donors (Lipinski definition) is 2. The second kappa shape index (κ2) is 5.37. The van der Waals surface area contributed by atoms with E-state index in [1.54, 1.807) is 0 Å². The number of benzene rings is 1. The van der Waals surface area contributed by atoms with Crippen LogP contribution in [-0.4, -0.2) is 18.6 Å². The summed E-state index contributed by atoms with van der Waals surface area (Å²) in [4.78, 5) is 0. The maximum absolute atomic E-state index is 5.87. The molecule has 0 radical (unpaired) electrons. The highest BCUT2D eigenvalue weighted by atomic mass is 35.5. The van der Waals surface area contributed by atoms with Crippen LogP contribution in [0.3, 0.4) is 0 Å². The third kappa shape index (κ3) is 3.36. The summed E-state index contributed by atoms with van der Waals surface area (Å²) in [7, 11) is 0. The highest BCUT2D eigenvalue weighted by molar-refractivity contribution is 6.30. The van der Waals surface area contributed by atoms with Crippen LogP contribution >= 0.6 is 24.0 Å². The van der Waals surface area contributed by atoms with Gasteiger partial charge in [-0.05, 0) is 31.5 Å². The Hall–Kier alpha value is -0.280. The van der Waals surface area contributed by atoms with Crippen LogP contribution in [0.5, 0.6) is 0 Å². The quantitative estimate of drug-likeness (QED) is 0.812. The molecule has 1 aliphatic rings. The predicted molar refractivity (Wildman–Crippen MR) is 71.5 cm³/mol. The van der Waals surface area contributed by atoms with E-state index in [2.05, 4.69) is 36.6 Å². The van der Waals surface area contributed by atoms with Crippen molar-refractivity contribution in [2.24, 2.45) is 0 Å². The molecule has 1 saturated heterocycles. The van der Waals surface area contributed by atoms with Crippen LogP contribution in [0, 0.1) is 0 Å². The Bertz CT molecular complexity index is 335. The fourth-order valence-electron chi connectivity index (χ4n) is 2.00. The molecule has 0 amide bonds. The molecule has 4 heteroatoms. The Kier molecular flexibility index (Phi) is 4.62. The highest BCUT2D eigenvalue weighted by Crippen LogP contribution is 2.21. The van der Waals surface area contributed by atoms with Crippen molar-refractivity contribution in [2.45, 2.75) is 25.4 Å². The summed E-state index contributed by atoms with van der Waals surface area (Å²) in [6.07, 6.45) is 0. The first-order chi connectivity index (χ1) is 7.07. The van der Waals surface area contributed by atoms with Crippen molar-refractivity contribution in [1.29, 1.82) is 0 Å². The van der Waals surface area contributed by atoms with Crippen LogP contribution in [0.4, 0.5) is 0 Å². The summed E-state index contributed by atoms with van der Waals surface area (Å²) < 4.78 is 0. The topological polar surface area (TPSA) is 24.1 Å². The van der Waals surface area contributed by atoms with E-state index in [1.807, 2.05) is 12.1 Å². The first kappa shape index (κ1) is 13.8. The van der Waals surface area contributed by atoms with Gasteiger partial charge in [0.15, 0.2) is 0 Å². The fourth-order valence-corrected chi connectivity index (χ4v) is 2.12. The molecular weight excluding hydrogens is 243 g/mol. The molecule has 1 aromatic carbocycles. The first-order valence-electron chi connectivity index (χ1n) is 5.31. The van der Waals surface area contributed by atoms with Gasteiger partial charge in [-0.25, -0.2) is 0 Å². The molecular formula is C12H18Cl2N2. The van der Waals surface area contributed by atoms with Gasteiger partial charge in [-0.1, -0.05) is 23.7 Å². The molecule has 0 spiro atoms. The van der Waals surface area contributed by atoms with Crippen LogP contribution in [-0.2, 0) is 0 Å². The van der Waals surface area contributed by atoms with Crippen LogP contribution in [0.25, 0.3) is 0 Å². The van der Waals surface area contributed by atoms with Crippen molar-refractivity contribution in [1.82, 2.24) is 10.6 Å². The predicted octanol–water partition coefficient (Wildman–Crippen LogP) is 2.77. The lowest BCUT2D eigenvalue weighted by Gasteiger charge is -2.38. The summed E-state index contributed by atoms with van der Waals surface area (Å²) in [6, 6.07) is 8.44. The monoisotopic (exact) mass is 260 g/mol. The maximum Gasteiger partial charge on any atom is 0.0451 e. The van der Waals surface area contributed by atoms with Crippen molar-refractivity contribution in [3.63, 3.8) is 0 Å². The lowest BCUT2D eigenvalue weighted by Crippen LogP contribution is -2.56. The SMILES string of the molecule is CC1(C)CNCC(c2ccc(Cl)cc2)N1.Cl. The molecule has 16 heavy (non-hydrogen) atoms. The average molecular weight is 261 g/mol. The van der Waals surface area contributed by atoms with Gasteiger partial charge in [0.2, 0.25) is 0 Å². The lowest BCUT2D eigenvalue weighted by atomic mass is 9.96. The Balaban J connectivity index is 0.00000128. The van der Waals surface area contributed by atoms with Gasteiger partial charge in [-0.2, -0.15) is 0 Å². The minimum absolute atomic E-state index is 0. The third-order valence-electron chi connectivity index (χ3n) is 2.75. The van der Waals surface area contributed by atoms with E-state index >= 15 is 0 Å². The molecule has 2 nitrogen and oxygen atoms in total. The second-order valence-electron chi connectivity index (χ2n) is 4.76. The van der Waals surface area contributed by atoms with Crippen LogP contribution < -0.4 is 10.6 Å². The molecule has 1 aliphatic heterocycles.